The summed E-state index contributed by atoms with van der Waals surface area (Å²) in [6.45, 7) is 7.97. The van der Waals surface area contributed by atoms with E-state index in [1.807, 2.05) is 54.9 Å². The molecule has 9 heteroatoms. The Hall–Kier alpha value is -4.27. The van der Waals surface area contributed by atoms with Crippen molar-refractivity contribution in [3.8, 4) is 17.2 Å². The summed E-state index contributed by atoms with van der Waals surface area (Å²) in [6.07, 6.45) is 9.74. The van der Waals surface area contributed by atoms with Crippen LogP contribution in [0.5, 0.6) is 17.2 Å². The average molecular weight is 574 g/mol. The number of aliphatic hydroxyl groups excluding tert-OH is 1. The van der Waals surface area contributed by atoms with Crippen LogP contribution < -0.4 is 14.2 Å². The molecule has 3 aromatic rings. The molecule has 1 amide bonds. The highest BCUT2D eigenvalue weighted by atomic mass is 16.5. The lowest BCUT2D eigenvalue weighted by Gasteiger charge is -2.26. The van der Waals surface area contributed by atoms with Gasteiger partial charge in [-0.1, -0.05) is 25.8 Å². The number of aryl methyl sites for hydroxylation is 1. The van der Waals surface area contributed by atoms with Crippen molar-refractivity contribution in [2.24, 2.45) is 0 Å². The number of hydrogen-bond acceptors (Lipinski definition) is 7. The van der Waals surface area contributed by atoms with E-state index in [-0.39, 0.29) is 17.4 Å². The summed E-state index contributed by atoms with van der Waals surface area (Å²) in [5.41, 5.74) is 2.17. The highest BCUT2D eigenvalue weighted by molar-refractivity contribution is 6.46. The number of nitrogens with zero attached hydrogens (tertiary/aromatic N) is 3. The topological polar surface area (TPSA) is 103 Å². The second kappa shape index (κ2) is 13.1. The monoisotopic (exact) mass is 573 g/mol. The number of amides is 1. The van der Waals surface area contributed by atoms with Gasteiger partial charge in [0.25, 0.3) is 11.7 Å². The number of rotatable bonds is 13. The molecule has 2 aliphatic rings. The number of ketones is 1. The van der Waals surface area contributed by atoms with Gasteiger partial charge >= 0.3 is 0 Å². The number of Topliss-reactive ketones (excluding diaryl/α,β-unsaturated/α-hetero) is 1. The van der Waals surface area contributed by atoms with Gasteiger partial charge in [0, 0.05) is 37.5 Å². The van der Waals surface area contributed by atoms with Gasteiger partial charge in [0.05, 0.1) is 31.2 Å². The number of aliphatic hydroxyl groups is 1. The molecule has 2 aliphatic heterocycles. The van der Waals surface area contributed by atoms with E-state index in [1.165, 1.54) is 0 Å². The minimum Gasteiger partial charge on any atom is -0.507 e. The molecule has 0 radical (unpaired) electrons. The summed E-state index contributed by atoms with van der Waals surface area (Å²) in [5, 5.41) is 11.6. The molecule has 0 bridgehead atoms. The van der Waals surface area contributed by atoms with Crippen LogP contribution >= 0.6 is 0 Å². The molecule has 222 valence electrons. The summed E-state index contributed by atoms with van der Waals surface area (Å²) >= 11 is 0. The van der Waals surface area contributed by atoms with Gasteiger partial charge in [0.15, 0.2) is 11.5 Å². The molecule has 3 heterocycles. The number of carbonyl (C=O) groups excluding carboxylic acids is 2. The lowest BCUT2D eigenvalue weighted by molar-refractivity contribution is -0.139. The summed E-state index contributed by atoms with van der Waals surface area (Å²) in [6, 6.07) is 10.1. The fraction of sp³-hybridized carbons (Fsp3) is 0.424. The van der Waals surface area contributed by atoms with Gasteiger partial charge in [-0.3, -0.25) is 9.59 Å². The maximum atomic E-state index is 13.6. The Morgan fingerprint density at radius 1 is 1.05 bits per heavy atom. The van der Waals surface area contributed by atoms with Crippen molar-refractivity contribution in [1.82, 2.24) is 14.5 Å². The lowest BCUT2D eigenvalue weighted by atomic mass is 9.94. The van der Waals surface area contributed by atoms with Crippen LogP contribution in [0.1, 0.15) is 69.2 Å². The van der Waals surface area contributed by atoms with Crippen molar-refractivity contribution >= 4 is 17.4 Å². The molecule has 2 atom stereocenters. The van der Waals surface area contributed by atoms with E-state index in [1.54, 1.807) is 23.5 Å². The smallest absolute Gasteiger partial charge is 0.295 e. The molecular formula is C33H39N3O6. The Kier molecular flexibility index (Phi) is 9.15. The molecule has 0 saturated carbocycles. The van der Waals surface area contributed by atoms with Crippen LogP contribution in [-0.4, -0.2) is 57.1 Å². The first-order valence-corrected chi connectivity index (χ1v) is 14.8. The molecule has 0 aliphatic carbocycles. The van der Waals surface area contributed by atoms with E-state index < -0.39 is 17.7 Å². The SMILES string of the molecule is CCCCCOc1ccc([C@H]2C(=C(O)c3ccc4c(c3)C[C@H](C)O4)C(=O)C(=O)N2CCCn2ccnc2)cc1OCC. The number of benzene rings is 2. The van der Waals surface area contributed by atoms with Crippen LogP contribution in [0.2, 0.25) is 0 Å². The Bertz CT molecular complexity index is 1450. The first kappa shape index (κ1) is 29.2. The summed E-state index contributed by atoms with van der Waals surface area (Å²) in [4.78, 5) is 32.7. The molecule has 1 fully saturated rings. The van der Waals surface area contributed by atoms with E-state index in [4.69, 9.17) is 14.2 Å². The number of hydrogen-bond donors (Lipinski definition) is 1. The van der Waals surface area contributed by atoms with Crippen molar-refractivity contribution in [3.63, 3.8) is 0 Å². The number of likely N-dealkylation sites (tertiary alicyclic amines) is 1. The molecule has 1 N–H and O–H groups in total. The van der Waals surface area contributed by atoms with Gasteiger partial charge in [-0.15, -0.1) is 0 Å². The molecule has 1 aromatic heterocycles. The quantitative estimate of drug-likeness (QED) is 0.121. The number of carbonyl (C=O) groups is 2. The number of imidazole rings is 1. The Morgan fingerprint density at radius 2 is 1.90 bits per heavy atom. The maximum absolute atomic E-state index is 13.6. The van der Waals surface area contributed by atoms with E-state index in [0.717, 1.165) is 30.6 Å². The molecule has 9 nitrogen and oxygen atoms in total. The zero-order chi connectivity index (χ0) is 29.6. The third-order valence-electron chi connectivity index (χ3n) is 7.67. The lowest BCUT2D eigenvalue weighted by Crippen LogP contribution is -2.31. The third kappa shape index (κ3) is 6.15. The maximum Gasteiger partial charge on any atom is 0.295 e. The molecule has 5 rings (SSSR count). The van der Waals surface area contributed by atoms with Crippen molar-refractivity contribution in [2.75, 3.05) is 19.8 Å². The van der Waals surface area contributed by atoms with Crippen LogP contribution in [0.3, 0.4) is 0 Å². The Labute approximate surface area is 246 Å². The zero-order valence-corrected chi connectivity index (χ0v) is 24.5. The van der Waals surface area contributed by atoms with Gasteiger partial charge in [-0.2, -0.15) is 0 Å². The van der Waals surface area contributed by atoms with Crippen LogP contribution in [0.15, 0.2) is 60.7 Å². The first-order chi connectivity index (χ1) is 20.4. The summed E-state index contributed by atoms with van der Waals surface area (Å²) in [7, 11) is 0. The van der Waals surface area contributed by atoms with Gasteiger partial charge in [-0.05, 0) is 68.1 Å². The van der Waals surface area contributed by atoms with Crippen molar-refractivity contribution in [3.05, 3.63) is 77.4 Å². The van der Waals surface area contributed by atoms with E-state index in [2.05, 4.69) is 11.9 Å². The molecule has 2 aromatic carbocycles. The second-order valence-corrected chi connectivity index (χ2v) is 10.8. The highest BCUT2D eigenvalue weighted by Gasteiger charge is 2.46. The molecular weight excluding hydrogens is 534 g/mol. The first-order valence-electron chi connectivity index (χ1n) is 14.8. The van der Waals surface area contributed by atoms with Crippen molar-refractivity contribution in [1.29, 1.82) is 0 Å². The standard InChI is InChI=1S/C33H39N3O6/c1-4-6-7-17-41-27-12-9-23(20-28(27)40-5-2)30-29(31(37)24-10-11-26-25(19-24)18-22(3)42-26)32(38)33(39)36(30)15-8-14-35-16-13-34-21-35/h9-13,16,19-22,30,37H,4-8,14-15,17-18H2,1-3H3/t22-,30-/m0/s1. The number of aromatic nitrogens is 2. The third-order valence-corrected chi connectivity index (χ3v) is 7.67. The minimum absolute atomic E-state index is 0.0400. The number of unbranched alkanes of at least 4 members (excludes halogenated alkanes) is 2. The summed E-state index contributed by atoms with van der Waals surface area (Å²) in [5.74, 6) is 0.383. The van der Waals surface area contributed by atoms with Gasteiger partial charge in [-0.25, -0.2) is 4.98 Å². The van der Waals surface area contributed by atoms with E-state index >= 15 is 0 Å². The average Bonchev–Trinajstić information content (AvgIpc) is 3.70. The van der Waals surface area contributed by atoms with Gasteiger partial charge < -0.3 is 28.8 Å². The van der Waals surface area contributed by atoms with Crippen molar-refractivity contribution < 1.29 is 28.9 Å². The highest BCUT2D eigenvalue weighted by Crippen LogP contribution is 2.43. The Balaban J connectivity index is 1.52. The van der Waals surface area contributed by atoms with Gasteiger partial charge in [0.1, 0.15) is 17.6 Å². The van der Waals surface area contributed by atoms with Crippen LogP contribution in [0.4, 0.5) is 0 Å². The fourth-order valence-corrected chi connectivity index (χ4v) is 5.64. The molecule has 0 unspecified atom stereocenters. The Morgan fingerprint density at radius 3 is 2.67 bits per heavy atom. The largest absolute Gasteiger partial charge is 0.507 e. The van der Waals surface area contributed by atoms with E-state index in [9.17, 15) is 14.7 Å². The number of fused-ring (bicyclic) bond motifs is 1. The molecule has 42 heavy (non-hydrogen) atoms. The number of ether oxygens (including phenoxy) is 3. The molecule has 0 spiro atoms. The van der Waals surface area contributed by atoms with Crippen molar-refractivity contribution in [2.45, 2.75) is 71.6 Å². The second-order valence-electron chi connectivity index (χ2n) is 10.8. The fourth-order valence-electron chi connectivity index (χ4n) is 5.64. The normalized spacial score (nSPS) is 19.2. The van der Waals surface area contributed by atoms with Crippen LogP contribution in [-0.2, 0) is 22.6 Å². The predicted octanol–water partition coefficient (Wildman–Crippen LogP) is 5.69. The van der Waals surface area contributed by atoms with Crippen LogP contribution in [0, 0.1) is 0 Å². The molecule has 1 saturated heterocycles. The van der Waals surface area contributed by atoms with Gasteiger partial charge in [0.2, 0.25) is 0 Å². The van der Waals surface area contributed by atoms with E-state index in [0.29, 0.717) is 61.8 Å². The summed E-state index contributed by atoms with van der Waals surface area (Å²) < 4.78 is 19.7. The van der Waals surface area contributed by atoms with Crippen LogP contribution in [0.25, 0.3) is 5.76 Å². The zero-order valence-electron chi connectivity index (χ0n) is 24.5. The predicted molar refractivity (Wildman–Crippen MR) is 159 cm³/mol. The minimum atomic E-state index is -0.787.